The molecule has 2 aromatic carbocycles. The molecule has 0 spiro atoms. The third kappa shape index (κ3) is 4.74. The van der Waals surface area contributed by atoms with Gasteiger partial charge in [-0.2, -0.15) is 0 Å². The van der Waals surface area contributed by atoms with Gasteiger partial charge in [0.05, 0.1) is 29.2 Å². The smallest absolute Gasteiger partial charge is 0.224 e. The van der Waals surface area contributed by atoms with Crippen LogP contribution in [0.15, 0.2) is 42.5 Å². The number of hydrogen-bond donors (Lipinski definition) is 1. The fourth-order valence-electron chi connectivity index (χ4n) is 5.86. The molecular weight excluding hydrogens is 459 g/mol. The summed E-state index contributed by atoms with van der Waals surface area (Å²) in [6, 6.07) is 13.8. The summed E-state index contributed by atoms with van der Waals surface area (Å²) in [5, 5.41) is 4.25. The zero-order valence-electron chi connectivity index (χ0n) is 19.5. The number of likely N-dealkylation sites (N-methyl/N-ethyl adjacent to an activating group) is 1. The van der Waals surface area contributed by atoms with Gasteiger partial charge >= 0.3 is 0 Å². The second kappa shape index (κ2) is 9.83. The van der Waals surface area contributed by atoms with Gasteiger partial charge in [-0.15, -0.1) is 0 Å². The Balaban J connectivity index is 1.59. The number of nitrogens with zero attached hydrogens (tertiary/aromatic N) is 1. The van der Waals surface area contributed by atoms with Crippen molar-refractivity contribution in [1.82, 2.24) is 10.2 Å². The lowest BCUT2D eigenvalue weighted by Crippen LogP contribution is -2.67. The highest BCUT2D eigenvalue weighted by molar-refractivity contribution is 6.42. The minimum absolute atomic E-state index is 0.00275. The Kier molecular flexibility index (Phi) is 7.25. The topological polar surface area (TPSA) is 50.8 Å². The molecule has 3 atom stereocenters. The van der Waals surface area contributed by atoms with E-state index in [0.29, 0.717) is 10.0 Å². The number of carbonyl (C=O) groups excluding carboxylic acids is 1. The summed E-state index contributed by atoms with van der Waals surface area (Å²) in [4.78, 5) is 15.3. The van der Waals surface area contributed by atoms with Gasteiger partial charge in [0.15, 0.2) is 0 Å². The molecule has 2 fully saturated rings. The molecule has 1 saturated heterocycles. The fraction of sp³-hybridized carbons (Fsp3) is 0.500. The summed E-state index contributed by atoms with van der Waals surface area (Å²) < 4.78 is 11.9. The number of methoxy groups -OCH3 is 2. The van der Waals surface area contributed by atoms with Crippen LogP contribution in [0, 0.1) is 0 Å². The standard InChI is InChI=1S/C26H32Cl2N2O3/c1-30-12-11-25(19-5-4-6-21(15-19)32-2)16-20(9-10-26(25,17-30)33-3)29-24(31)14-18-7-8-22(27)23(28)13-18/h4-8,13,15,20H,9-12,14,16-17H2,1-3H3,(H,29,31)/t20-,25?,26?/m1/s1. The molecule has 1 N–H and O–H groups in total. The Hall–Kier alpha value is -1.79. The molecule has 178 valence electrons. The first-order valence-corrected chi connectivity index (χ1v) is 12.2. The van der Waals surface area contributed by atoms with Crippen LogP contribution in [-0.4, -0.2) is 56.8 Å². The largest absolute Gasteiger partial charge is 0.497 e. The van der Waals surface area contributed by atoms with Gasteiger partial charge in [-0.05, 0) is 74.7 Å². The Morgan fingerprint density at radius 3 is 2.70 bits per heavy atom. The summed E-state index contributed by atoms with van der Waals surface area (Å²) in [6.07, 6.45) is 3.82. The maximum atomic E-state index is 12.9. The molecule has 4 rings (SSSR count). The zero-order chi connectivity index (χ0) is 23.6. The minimum atomic E-state index is -0.308. The number of carbonyl (C=O) groups is 1. The molecule has 1 saturated carbocycles. The third-order valence-electron chi connectivity index (χ3n) is 7.54. The van der Waals surface area contributed by atoms with Gasteiger partial charge in [0.1, 0.15) is 5.75 Å². The fourth-order valence-corrected chi connectivity index (χ4v) is 6.18. The van der Waals surface area contributed by atoms with Crippen LogP contribution in [-0.2, 0) is 21.4 Å². The Bertz CT molecular complexity index is 1020. The van der Waals surface area contributed by atoms with Gasteiger partial charge in [-0.1, -0.05) is 41.4 Å². The average molecular weight is 491 g/mol. The van der Waals surface area contributed by atoms with Crippen molar-refractivity contribution in [3.8, 4) is 5.75 Å². The number of benzene rings is 2. The van der Waals surface area contributed by atoms with Gasteiger partial charge in [0.25, 0.3) is 0 Å². The highest BCUT2D eigenvalue weighted by atomic mass is 35.5. The number of amides is 1. The molecule has 2 aliphatic rings. The molecule has 1 aliphatic carbocycles. The summed E-state index contributed by atoms with van der Waals surface area (Å²) in [7, 11) is 5.68. The lowest BCUT2D eigenvalue weighted by molar-refractivity contribution is -0.147. The summed E-state index contributed by atoms with van der Waals surface area (Å²) in [6.45, 7) is 1.84. The first-order chi connectivity index (χ1) is 15.8. The summed E-state index contributed by atoms with van der Waals surface area (Å²) in [5.41, 5.74) is 1.56. The van der Waals surface area contributed by atoms with Crippen LogP contribution in [0.4, 0.5) is 0 Å². The molecule has 0 radical (unpaired) electrons. The van der Waals surface area contributed by atoms with Crippen molar-refractivity contribution >= 4 is 29.1 Å². The Morgan fingerprint density at radius 1 is 1.15 bits per heavy atom. The zero-order valence-corrected chi connectivity index (χ0v) is 21.0. The van der Waals surface area contributed by atoms with Crippen LogP contribution < -0.4 is 10.1 Å². The van der Waals surface area contributed by atoms with E-state index in [4.69, 9.17) is 32.7 Å². The van der Waals surface area contributed by atoms with E-state index in [1.165, 1.54) is 5.56 Å². The highest BCUT2D eigenvalue weighted by Crippen LogP contribution is 2.53. The predicted molar refractivity (Wildman–Crippen MR) is 132 cm³/mol. The first kappa shape index (κ1) is 24.3. The van der Waals surface area contributed by atoms with Gasteiger partial charge in [0, 0.05) is 25.1 Å². The van der Waals surface area contributed by atoms with Crippen LogP contribution in [0.5, 0.6) is 5.75 Å². The molecule has 1 amide bonds. The summed E-state index contributed by atoms with van der Waals surface area (Å²) in [5.74, 6) is 0.841. The van der Waals surface area contributed by atoms with Gasteiger partial charge < -0.3 is 19.7 Å². The molecule has 1 aliphatic heterocycles. The number of halogens is 2. The van der Waals surface area contributed by atoms with Crippen molar-refractivity contribution in [1.29, 1.82) is 0 Å². The number of ether oxygens (including phenoxy) is 2. The van der Waals surface area contributed by atoms with Crippen molar-refractivity contribution in [2.75, 3.05) is 34.4 Å². The second-order valence-corrected chi connectivity index (χ2v) is 10.2. The van der Waals surface area contributed by atoms with Gasteiger partial charge in [-0.3, -0.25) is 4.79 Å². The van der Waals surface area contributed by atoms with E-state index in [9.17, 15) is 4.79 Å². The number of fused-ring (bicyclic) bond motifs is 1. The molecule has 0 bridgehead atoms. The van der Waals surface area contributed by atoms with Gasteiger partial charge in [-0.25, -0.2) is 0 Å². The van der Waals surface area contributed by atoms with Crippen LogP contribution in [0.3, 0.4) is 0 Å². The molecule has 0 aromatic heterocycles. The number of piperidine rings is 1. The maximum Gasteiger partial charge on any atom is 0.224 e. The molecule has 2 unspecified atom stereocenters. The number of rotatable bonds is 6. The summed E-state index contributed by atoms with van der Waals surface area (Å²) >= 11 is 12.1. The maximum absolute atomic E-state index is 12.9. The van der Waals surface area contributed by atoms with E-state index >= 15 is 0 Å². The van der Waals surface area contributed by atoms with E-state index < -0.39 is 0 Å². The average Bonchev–Trinajstić information content (AvgIpc) is 2.81. The monoisotopic (exact) mass is 490 g/mol. The minimum Gasteiger partial charge on any atom is -0.497 e. The SMILES string of the molecule is COc1cccc(C23CCN(C)CC2(OC)CC[C@@H](NC(=O)Cc2ccc(Cl)c(Cl)c2)C3)c1. The van der Waals surface area contributed by atoms with Crippen LogP contribution in [0.1, 0.15) is 36.8 Å². The van der Waals surface area contributed by atoms with E-state index in [-0.39, 0.29) is 29.4 Å². The van der Waals surface area contributed by atoms with Crippen LogP contribution >= 0.6 is 23.2 Å². The molecule has 5 nitrogen and oxygen atoms in total. The first-order valence-electron chi connectivity index (χ1n) is 11.4. The molecule has 7 heteroatoms. The number of nitrogens with one attached hydrogen (secondary N) is 1. The van der Waals surface area contributed by atoms with E-state index in [2.05, 4.69) is 29.4 Å². The lowest BCUT2D eigenvalue weighted by Gasteiger charge is -2.59. The quantitative estimate of drug-likeness (QED) is 0.627. The van der Waals surface area contributed by atoms with Crippen molar-refractivity contribution in [2.45, 2.75) is 49.2 Å². The Morgan fingerprint density at radius 2 is 1.97 bits per heavy atom. The number of hydrogen-bond acceptors (Lipinski definition) is 4. The van der Waals surface area contributed by atoms with Crippen LogP contribution in [0.2, 0.25) is 10.0 Å². The van der Waals surface area contributed by atoms with Crippen molar-refractivity contribution in [2.24, 2.45) is 0 Å². The molecule has 33 heavy (non-hydrogen) atoms. The van der Waals surface area contributed by atoms with Crippen molar-refractivity contribution in [3.05, 3.63) is 63.6 Å². The van der Waals surface area contributed by atoms with E-state index in [0.717, 1.165) is 50.1 Å². The van der Waals surface area contributed by atoms with E-state index in [1.807, 2.05) is 25.3 Å². The highest BCUT2D eigenvalue weighted by Gasteiger charge is 2.58. The van der Waals surface area contributed by atoms with Crippen molar-refractivity contribution in [3.63, 3.8) is 0 Å². The van der Waals surface area contributed by atoms with Crippen molar-refractivity contribution < 1.29 is 14.3 Å². The lowest BCUT2D eigenvalue weighted by atomic mass is 9.55. The predicted octanol–water partition coefficient (Wildman–Crippen LogP) is 4.87. The molecular formula is C26H32Cl2N2O3. The third-order valence-corrected chi connectivity index (χ3v) is 8.28. The second-order valence-electron chi connectivity index (χ2n) is 9.43. The van der Waals surface area contributed by atoms with Crippen LogP contribution in [0.25, 0.3) is 0 Å². The Labute approximate surface area is 206 Å². The normalized spacial score (nSPS) is 27.6. The number of likely N-dealkylation sites (tertiary alicyclic amines) is 1. The van der Waals surface area contributed by atoms with E-state index in [1.54, 1.807) is 19.2 Å². The van der Waals surface area contributed by atoms with Gasteiger partial charge in [0.2, 0.25) is 5.91 Å². The molecule has 2 aromatic rings. The molecule has 1 heterocycles.